The van der Waals surface area contributed by atoms with Crippen molar-refractivity contribution in [3.8, 4) is 6.07 Å². The van der Waals surface area contributed by atoms with Gasteiger partial charge in [0.15, 0.2) is 5.78 Å². The van der Waals surface area contributed by atoms with Crippen LogP contribution in [0.4, 0.5) is 5.69 Å². The van der Waals surface area contributed by atoms with Crippen molar-refractivity contribution in [2.24, 2.45) is 5.73 Å². The zero-order chi connectivity index (χ0) is 21.3. The van der Waals surface area contributed by atoms with Gasteiger partial charge in [0.1, 0.15) is 17.4 Å². The molecule has 6 nitrogen and oxygen atoms in total. The van der Waals surface area contributed by atoms with Crippen molar-refractivity contribution in [3.05, 3.63) is 88.5 Å². The van der Waals surface area contributed by atoms with Crippen molar-refractivity contribution in [1.29, 1.82) is 5.26 Å². The van der Waals surface area contributed by atoms with Gasteiger partial charge in [-0.25, -0.2) is 0 Å². The van der Waals surface area contributed by atoms with Crippen LogP contribution in [0.2, 0.25) is 0 Å². The average molecular weight is 399 g/mol. The zero-order valence-corrected chi connectivity index (χ0v) is 16.5. The molecule has 1 aliphatic carbocycles. The molecule has 2 aliphatic rings. The molecule has 2 aromatic carbocycles. The second-order valence-electron chi connectivity index (χ2n) is 7.50. The van der Waals surface area contributed by atoms with Crippen LogP contribution in [0.3, 0.4) is 0 Å². The summed E-state index contributed by atoms with van der Waals surface area (Å²) in [4.78, 5) is 24.5. The molecule has 1 aliphatic heterocycles. The molecule has 0 radical (unpaired) electrons. The van der Waals surface area contributed by atoms with E-state index in [1.54, 1.807) is 24.3 Å². The SMILES string of the molecule is CC(=O)Nc1ccc([C@@H]2C(C#N)=C(N)OC3=C2C(=O)C[C@H](c2ccccc2)C3)cc1. The molecule has 1 heterocycles. The fraction of sp³-hybridized carbons (Fsp3) is 0.208. The van der Waals surface area contributed by atoms with Crippen LogP contribution in [0.5, 0.6) is 0 Å². The van der Waals surface area contributed by atoms with Gasteiger partial charge in [0.05, 0.1) is 5.92 Å². The summed E-state index contributed by atoms with van der Waals surface area (Å²) >= 11 is 0. The maximum Gasteiger partial charge on any atom is 0.221 e. The number of ether oxygens (including phenoxy) is 1. The highest BCUT2D eigenvalue weighted by Gasteiger charge is 2.40. The summed E-state index contributed by atoms with van der Waals surface area (Å²) < 4.78 is 5.78. The van der Waals surface area contributed by atoms with Crippen LogP contribution in [0, 0.1) is 11.3 Å². The molecule has 1 amide bonds. The van der Waals surface area contributed by atoms with Crippen molar-refractivity contribution in [1.82, 2.24) is 0 Å². The molecule has 6 heteroatoms. The van der Waals surface area contributed by atoms with E-state index in [2.05, 4.69) is 11.4 Å². The molecule has 0 bridgehead atoms. The normalized spacial score (nSPS) is 20.9. The van der Waals surface area contributed by atoms with Gasteiger partial charge in [0.2, 0.25) is 11.8 Å². The third-order valence-electron chi connectivity index (χ3n) is 5.50. The Morgan fingerprint density at radius 3 is 2.43 bits per heavy atom. The van der Waals surface area contributed by atoms with Crippen LogP contribution in [0.15, 0.2) is 77.4 Å². The third-order valence-corrected chi connectivity index (χ3v) is 5.50. The molecular formula is C24H21N3O3. The molecule has 0 aromatic heterocycles. The number of hydrogen-bond acceptors (Lipinski definition) is 5. The number of nitrogens with zero attached hydrogens (tertiary/aromatic N) is 1. The number of anilines is 1. The molecule has 150 valence electrons. The first-order valence-electron chi connectivity index (χ1n) is 9.74. The van der Waals surface area contributed by atoms with Crippen LogP contribution >= 0.6 is 0 Å². The van der Waals surface area contributed by atoms with Gasteiger partial charge in [0.25, 0.3) is 0 Å². The van der Waals surface area contributed by atoms with E-state index in [1.807, 2.05) is 30.3 Å². The van der Waals surface area contributed by atoms with E-state index < -0.39 is 5.92 Å². The summed E-state index contributed by atoms with van der Waals surface area (Å²) in [5.74, 6) is -0.205. The van der Waals surface area contributed by atoms with E-state index in [-0.39, 0.29) is 29.1 Å². The van der Waals surface area contributed by atoms with Crippen LogP contribution in [0.1, 0.15) is 42.7 Å². The Hall–Kier alpha value is -3.85. The fourth-order valence-corrected chi connectivity index (χ4v) is 4.16. The summed E-state index contributed by atoms with van der Waals surface area (Å²) in [5, 5.41) is 12.4. The summed E-state index contributed by atoms with van der Waals surface area (Å²) in [6, 6.07) is 19.1. The fourth-order valence-electron chi connectivity index (χ4n) is 4.16. The number of hydrogen-bond donors (Lipinski definition) is 2. The molecule has 2 atom stereocenters. The number of nitrogens with two attached hydrogens (primary N) is 1. The van der Waals surface area contributed by atoms with E-state index in [1.165, 1.54) is 6.92 Å². The number of Topliss-reactive ketones (excluding diaryl/α,β-unsaturated/α-hetero) is 1. The van der Waals surface area contributed by atoms with Crippen molar-refractivity contribution in [2.45, 2.75) is 31.6 Å². The second-order valence-corrected chi connectivity index (χ2v) is 7.50. The minimum Gasteiger partial charge on any atom is -0.444 e. The van der Waals surface area contributed by atoms with E-state index in [0.717, 1.165) is 11.1 Å². The Bertz CT molecular complexity index is 1110. The second kappa shape index (κ2) is 7.88. The van der Waals surface area contributed by atoms with Gasteiger partial charge >= 0.3 is 0 Å². The molecule has 30 heavy (non-hydrogen) atoms. The Morgan fingerprint density at radius 2 is 1.80 bits per heavy atom. The number of ketones is 1. The number of rotatable bonds is 3. The largest absolute Gasteiger partial charge is 0.444 e. The highest BCUT2D eigenvalue weighted by atomic mass is 16.5. The monoisotopic (exact) mass is 399 g/mol. The molecule has 0 fully saturated rings. The first-order chi connectivity index (χ1) is 14.5. The topological polar surface area (TPSA) is 105 Å². The molecule has 4 rings (SSSR count). The molecular weight excluding hydrogens is 378 g/mol. The molecule has 0 unspecified atom stereocenters. The van der Waals surface area contributed by atoms with Crippen LogP contribution in [0.25, 0.3) is 0 Å². The highest BCUT2D eigenvalue weighted by Crippen LogP contribution is 2.46. The first kappa shape index (κ1) is 19.5. The van der Waals surface area contributed by atoms with Gasteiger partial charge in [-0.1, -0.05) is 42.5 Å². The van der Waals surface area contributed by atoms with E-state index in [4.69, 9.17) is 10.5 Å². The highest BCUT2D eigenvalue weighted by molar-refractivity contribution is 6.00. The number of nitrogens with one attached hydrogen (secondary N) is 1. The molecule has 2 aromatic rings. The van der Waals surface area contributed by atoms with Gasteiger partial charge in [-0.05, 0) is 29.2 Å². The number of nitriles is 1. The Balaban J connectivity index is 1.73. The maximum atomic E-state index is 13.2. The Labute approximate surface area is 174 Å². The quantitative estimate of drug-likeness (QED) is 0.815. The van der Waals surface area contributed by atoms with Gasteiger partial charge in [-0.3, -0.25) is 9.59 Å². The minimum atomic E-state index is -0.575. The van der Waals surface area contributed by atoms with Crippen LogP contribution in [-0.4, -0.2) is 11.7 Å². The average Bonchev–Trinajstić information content (AvgIpc) is 2.73. The van der Waals surface area contributed by atoms with Gasteiger partial charge in [-0.2, -0.15) is 5.26 Å². The minimum absolute atomic E-state index is 0.0108. The molecule has 3 N–H and O–H groups in total. The Morgan fingerprint density at radius 1 is 1.10 bits per heavy atom. The van der Waals surface area contributed by atoms with E-state index in [9.17, 15) is 14.9 Å². The van der Waals surface area contributed by atoms with E-state index in [0.29, 0.717) is 29.9 Å². The number of allylic oxidation sites excluding steroid dienone is 3. The van der Waals surface area contributed by atoms with Gasteiger partial charge < -0.3 is 15.8 Å². The number of carbonyl (C=O) groups excluding carboxylic acids is 2. The summed E-state index contributed by atoms with van der Waals surface area (Å²) in [5.41, 5.74) is 9.28. The van der Waals surface area contributed by atoms with Crippen molar-refractivity contribution >= 4 is 17.4 Å². The van der Waals surface area contributed by atoms with E-state index >= 15 is 0 Å². The summed E-state index contributed by atoms with van der Waals surface area (Å²) in [7, 11) is 0. The van der Waals surface area contributed by atoms with Crippen molar-refractivity contribution in [3.63, 3.8) is 0 Å². The zero-order valence-electron chi connectivity index (χ0n) is 16.5. The van der Waals surface area contributed by atoms with Crippen molar-refractivity contribution < 1.29 is 14.3 Å². The number of amides is 1. The maximum absolute atomic E-state index is 13.2. The van der Waals surface area contributed by atoms with Crippen LogP contribution < -0.4 is 11.1 Å². The lowest BCUT2D eigenvalue weighted by atomic mass is 9.73. The molecule has 0 saturated carbocycles. The molecule has 0 spiro atoms. The smallest absolute Gasteiger partial charge is 0.221 e. The van der Waals surface area contributed by atoms with Gasteiger partial charge in [-0.15, -0.1) is 0 Å². The first-order valence-corrected chi connectivity index (χ1v) is 9.74. The van der Waals surface area contributed by atoms with Gasteiger partial charge in [0, 0.05) is 31.0 Å². The lowest BCUT2D eigenvalue weighted by Crippen LogP contribution is -2.29. The summed E-state index contributed by atoms with van der Waals surface area (Å²) in [6.45, 7) is 1.44. The number of benzene rings is 2. The lowest BCUT2D eigenvalue weighted by molar-refractivity contribution is -0.117. The number of carbonyl (C=O) groups is 2. The predicted molar refractivity (Wildman–Crippen MR) is 112 cm³/mol. The Kier molecular flexibility index (Phi) is 5.11. The predicted octanol–water partition coefficient (Wildman–Crippen LogP) is 3.85. The lowest BCUT2D eigenvalue weighted by Gasteiger charge is -2.34. The molecule has 0 saturated heterocycles. The standard InChI is InChI=1S/C24H21N3O3/c1-14(28)27-18-9-7-16(8-10-18)22-19(13-25)24(26)30-21-12-17(11-20(29)23(21)22)15-5-3-2-4-6-15/h2-10,17,22H,11-12,26H2,1H3,(H,27,28)/t17-,22+/m0/s1. The third kappa shape index (κ3) is 3.58. The van der Waals surface area contributed by atoms with Crippen LogP contribution in [-0.2, 0) is 14.3 Å². The van der Waals surface area contributed by atoms with Crippen molar-refractivity contribution in [2.75, 3.05) is 5.32 Å². The summed E-state index contributed by atoms with van der Waals surface area (Å²) in [6.07, 6.45) is 0.899.